The van der Waals surface area contributed by atoms with Gasteiger partial charge in [0.15, 0.2) is 0 Å². The quantitative estimate of drug-likeness (QED) is 0.684. The van der Waals surface area contributed by atoms with Crippen LogP contribution in [0.4, 0.5) is 0 Å². The lowest BCUT2D eigenvalue weighted by Gasteiger charge is -2.12. The molecule has 0 saturated heterocycles. The van der Waals surface area contributed by atoms with Crippen molar-refractivity contribution in [3.8, 4) is 5.75 Å². The van der Waals surface area contributed by atoms with Crippen molar-refractivity contribution in [1.29, 1.82) is 0 Å². The van der Waals surface area contributed by atoms with Crippen molar-refractivity contribution < 1.29 is 4.74 Å². The third-order valence-electron chi connectivity index (χ3n) is 2.20. The van der Waals surface area contributed by atoms with Crippen LogP contribution < -0.4 is 4.74 Å². The summed E-state index contributed by atoms with van der Waals surface area (Å²) in [4.78, 5) is 4.28. The monoisotopic (exact) mass is 199 g/mol. The Hall–Kier alpha value is -0.760. The molecule has 0 N–H and O–H groups in total. The van der Waals surface area contributed by atoms with Crippen LogP contribution in [0.2, 0.25) is 5.15 Å². The number of hydrogen-bond donors (Lipinski definition) is 0. The van der Waals surface area contributed by atoms with Crippen molar-refractivity contribution in [1.82, 2.24) is 4.98 Å². The molecule has 0 fully saturated rings. The van der Waals surface area contributed by atoms with E-state index in [0.717, 1.165) is 29.0 Å². The van der Waals surface area contributed by atoms with Crippen molar-refractivity contribution >= 4 is 11.6 Å². The molecular formula is C10H14ClNO. The maximum atomic E-state index is 5.96. The molecule has 0 bridgehead atoms. The van der Waals surface area contributed by atoms with Gasteiger partial charge in [-0.1, -0.05) is 18.5 Å². The summed E-state index contributed by atoms with van der Waals surface area (Å²) in [5.74, 6) is 0.858. The van der Waals surface area contributed by atoms with Crippen LogP contribution in [0.25, 0.3) is 0 Å². The number of nitrogens with zero attached hydrogens (tertiary/aromatic N) is 1. The first-order valence-electron chi connectivity index (χ1n) is 4.31. The number of methoxy groups -OCH3 is 1. The molecule has 0 aliphatic carbocycles. The van der Waals surface area contributed by atoms with Crippen molar-refractivity contribution in [3.63, 3.8) is 0 Å². The number of hydrogen-bond acceptors (Lipinski definition) is 2. The second-order valence-electron chi connectivity index (χ2n) is 2.99. The van der Waals surface area contributed by atoms with Gasteiger partial charge in [0.05, 0.1) is 7.11 Å². The van der Waals surface area contributed by atoms with Gasteiger partial charge in [-0.3, -0.25) is 0 Å². The van der Waals surface area contributed by atoms with E-state index in [1.165, 1.54) is 0 Å². The van der Waals surface area contributed by atoms with Crippen LogP contribution in [0, 0.1) is 13.8 Å². The topological polar surface area (TPSA) is 22.1 Å². The summed E-state index contributed by atoms with van der Waals surface area (Å²) in [5, 5.41) is 0.541. The van der Waals surface area contributed by atoms with E-state index >= 15 is 0 Å². The predicted octanol–water partition coefficient (Wildman–Crippen LogP) is 2.92. The summed E-state index contributed by atoms with van der Waals surface area (Å²) in [6.07, 6.45) is 0.877. The minimum absolute atomic E-state index is 0.541. The lowest BCUT2D eigenvalue weighted by Crippen LogP contribution is -2.00. The third kappa shape index (κ3) is 1.78. The molecule has 0 aliphatic heterocycles. The van der Waals surface area contributed by atoms with Crippen molar-refractivity contribution in [2.24, 2.45) is 0 Å². The molecule has 1 aromatic heterocycles. The number of rotatable bonds is 2. The van der Waals surface area contributed by atoms with Gasteiger partial charge in [-0.15, -0.1) is 0 Å². The highest BCUT2D eigenvalue weighted by molar-refractivity contribution is 6.30. The number of pyridine rings is 1. The van der Waals surface area contributed by atoms with Gasteiger partial charge in [0.25, 0.3) is 0 Å². The van der Waals surface area contributed by atoms with E-state index in [1.807, 2.05) is 13.8 Å². The summed E-state index contributed by atoms with van der Waals surface area (Å²) in [7, 11) is 1.66. The summed E-state index contributed by atoms with van der Waals surface area (Å²) in [6.45, 7) is 5.98. The van der Waals surface area contributed by atoms with Crippen molar-refractivity contribution in [2.75, 3.05) is 7.11 Å². The molecule has 1 rings (SSSR count). The molecule has 0 unspecified atom stereocenters. The van der Waals surface area contributed by atoms with E-state index in [9.17, 15) is 0 Å². The van der Waals surface area contributed by atoms with E-state index in [4.69, 9.17) is 16.3 Å². The fourth-order valence-electron chi connectivity index (χ4n) is 1.44. The molecule has 0 aromatic carbocycles. The molecule has 2 nitrogen and oxygen atoms in total. The van der Waals surface area contributed by atoms with Crippen molar-refractivity contribution in [3.05, 3.63) is 22.0 Å². The van der Waals surface area contributed by atoms with Crippen LogP contribution >= 0.6 is 11.6 Å². The van der Waals surface area contributed by atoms with Crippen molar-refractivity contribution in [2.45, 2.75) is 27.2 Å². The lowest BCUT2D eigenvalue weighted by atomic mass is 10.1. The Labute approximate surface area is 83.9 Å². The van der Waals surface area contributed by atoms with E-state index in [0.29, 0.717) is 5.15 Å². The normalized spacial score (nSPS) is 10.2. The minimum atomic E-state index is 0.541. The fourth-order valence-corrected chi connectivity index (χ4v) is 1.63. The largest absolute Gasteiger partial charge is 0.496 e. The van der Waals surface area contributed by atoms with Crippen LogP contribution in [0.5, 0.6) is 5.75 Å². The Morgan fingerprint density at radius 3 is 2.38 bits per heavy atom. The molecule has 1 aromatic rings. The number of halogens is 1. The van der Waals surface area contributed by atoms with Crippen LogP contribution in [-0.4, -0.2) is 12.1 Å². The van der Waals surface area contributed by atoms with Gasteiger partial charge in [-0.2, -0.15) is 0 Å². The highest BCUT2D eigenvalue weighted by Gasteiger charge is 2.11. The SMILES string of the molecule is CCc1nc(Cl)c(C)c(OC)c1C. The highest BCUT2D eigenvalue weighted by Crippen LogP contribution is 2.29. The number of ether oxygens (including phenoxy) is 1. The third-order valence-corrected chi connectivity index (χ3v) is 2.56. The summed E-state index contributed by atoms with van der Waals surface area (Å²) in [6, 6.07) is 0. The standard InChI is InChI=1S/C10H14ClNO/c1-5-8-6(2)9(13-4)7(3)10(11)12-8/h5H2,1-4H3. The molecule has 72 valence electrons. The zero-order valence-corrected chi connectivity index (χ0v) is 9.20. The summed E-state index contributed by atoms with van der Waals surface area (Å²) >= 11 is 5.96. The van der Waals surface area contributed by atoms with Gasteiger partial charge in [-0.25, -0.2) is 4.98 Å². The Bertz CT molecular complexity index is 323. The molecule has 13 heavy (non-hydrogen) atoms. The smallest absolute Gasteiger partial charge is 0.135 e. The van der Waals surface area contributed by atoms with Crippen LogP contribution in [0.3, 0.4) is 0 Å². The average Bonchev–Trinajstić information content (AvgIpc) is 2.12. The number of aromatic nitrogens is 1. The molecule has 0 atom stereocenters. The Morgan fingerprint density at radius 2 is 1.92 bits per heavy atom. The molecule has 3 heteroatoms. The van der Waals surface area contributed by atoms with Gasteiger partial charge in [0.1, 0.15) is 10.9 Å². The first kappa shape index (κ1) is 10.3. The molecular weight excluding hydrogens is 186 g/mol. The van der Waals surface area contributed by atoms with Gasteiger partial charge < -0.3 is 4.74 Å². The molecule has 0 spiro atoms. The Morgan fingerprint density at radius 1 is 1.31 bits per heavy atom. The summed E-state index contributed by atoms with van der Waals surface area (Å²) in [5.41, 5.74) is 3.01. The zero-order valence-electron chi connectivity index (χ0n) is 8.44. The van der Waals surface area contributed by atoms with Crippen LogP contribution in [0.1, 0.15) is 23.7 Å². The first-order chi connectivity index (χ1) is 6.11. The molecule has 0 amide bonds. The lowest BCUT2D eigenvalue weighted by molar-refractivity contribution is 0.407. The molecule has 0 saturated carbocycles. The predicted molar refractivity (Wildman–Crippen MR) is 54.7 cm³/mol. The summed E-state index contributed by atoms with van der Waals surface area (Å²) < 4.78 is 5.27. The first-order valence-corrected chi connectivity index (χ1v) is 4.69. The number of aryl methyl sites for hydroxylation is 1. The van der Waals surface area contributed by atoms with E-state index in [-0.39, 0.29) is 0 Å². The molecule has 0 radical (unpaired) electrons. The maximum Gasteiger partial charge on any atom is 0.135 e. The van der Waals surface area contributed by atoms with Crippen LogP contribution in [0.15, 0.2) is 0 Å². The maximum absolute atomic E-state index is 5.96. The van der Waals surface area contributed by atoms with E-state index in [2.05, 4.69) is 11.9 Å². The van der Waals surface area contributed by atoms with Gasteiger partial charge in [0.2, 0.25) is 0 Å². The van der Waals surface area contributed by atoms with E-state index in [1.54, 1.807) is 7.11 Å². The zero-order chi connectivity index (χ0) is 10.0. The minimum Gasteiger partial charge on any atom is -0.496 e. The Kier molecular flexibility index (Phi) is 3.15. The Balaban J connectivity index is 3.39. The van der Waals surface area contributed by atoms with E-state index < -0.39 is 0 Å². The van der Waals surface area contributed by atoms with Gasteiger partial charge in [0, 0.05) is 16.8 Å². The average molecular weight is 200 g/mol. The van der Waals surface area contributed by atoms with Gasteiger partial charge >= 0.3 is 0 Å². The molecule has 0 aliphatic rings. The van der Waals surface area contributed by atoms with Crippen LogP contribution in [-0.2, 0) is 6.42 Å². The second-order valence-corrected chi connectivity index (χ2v) is 3.34. The van der Waals surface area contributed by atoms with Gasteiger partial charge in [-0.05, 0) is 20.3 Å². The second kappa shape index (κ2) is 3.97. The molecule has 1 heterocycles. The fraction of sp³-hybridized carbons (Fsp3) is 0.500. The highest BCUT2D eigenvalue weighted by atomic mass is 35.5.